The molecule has 1 nitrogen and oxygen atoms in total. The molecule has 0 aromatic heterocycles. The van der Waals surface area contributed by atoms with Crippen LogP contribution >= 0.6 is 0 Å². The second-order valence-electron chi connectivity index (χ2n) is 1.32. The largest absolute Gasteiger partial charge is 0.343 e. The van der Waals surface area contributed by atoms with Crippen molar-refractivity contribution >= 4 is 5.78 Å². The smallest absolute Gasteiger partial charge is 0.258 e. The van der Waals surface area contributed by atoms with Crippen LogP contribution in [-0.4, -0.2) is 12.9 Å². The van der Waals surface area contributed by atoms with Gasteiger partial charge in [0.2, 0.25) is 0 Å². The van der Waals surface area contributed by atoms with Gasteiger partial charge in [-0.3, -0.25) is 4.42 Å². The molecule has 0 unspecified atom stereocenters. The summed E-state index contributed by atoms with van der Waals surface area (Å²) in [6, 6.07) is 0. The Morgan fingerprint density at radius 2 is 1.86 bits per heavy atom. The first-order valence-electron chi connectivity index (χ1n) is 2.19. The molecule has 0 saturated carbocycles. The average molecular weight is 95.1 g/mol. The summed E-state index contributed by atoms with van der Waals surface area (Å²) in [7, 11) is 1.66. The van der Waals surface area contributed by atoms with Crippen LogP contribution < -0.4 is 0 Å². The minimum absolute atomic E-state index is 0.931. The third-order valence-corrected chi connectivity index (χ3v) is 0.868. The molecule has 0 N–H and O–H groups in total. The van der Waals surface area contributed by atoms with E-state index in [9.17, 15) is 0 Å². The van der Waals surface area contributed by atoms with E-state index in [1.807, 2.05) is 24.3 Å². The first-order chi connectivity index (χ1) is 3.43. The molecule has 0 saturated heterocycles. The summed E-state index contributed by atoms with van der Waals surface area (Å²) in [6.45, 7) is 0. The molecule has 0 heterocycles. The summed E-state index contributed by atoms with van der Waals surface area (Å²) in [6.07, 6.45) is 7.72. The molecule has 36 valence electrons. The van der Waals surface area contributed by atoms with Gasteiger partial charge in [-0.05, 0) is 0 Å². The number of hydrogen-bond acceptors (Lipinski definition) is 0. The van der Waals surface area contributed by atoms with E-state index < -0.39 is 0 Å². The normalized spacial score (nSPS) is 15.9. The van der Waals surface area contributed by atoms with Crippen LogP contribution in [0.25, 0.3) is 0 Å². The van der Waals surface area contributed by atoms with Gasteiger partial charge in [0.05, 0.1) is 0 Å². The molecule has 7 heavy (non-hydrogen) atoms. The molecule has 0 spiro atoms. The third kappa shape index (κ3) is 0.769. The quantitative estimate of drug-likeness (QED) is 0.395. The molecule has 1 rings (SSSR count). The fourth-order valence-electron chi connectivity index (χ4n) is 0.492. The monoisotopic (exact) mass is 95.0 g/mol. The molecule has 0 aromatic carbocycles. The maximum absolute atomic E-state index is 4.85. The van der Waals surface area contributed by atoms with Crippen LogP contribution in [0, 0.1) is 0 Å². The summed E-state index contributed by atoms with van der Waals surface area (Å²) in [5.41, 5.74) is 0. The van der Waals surface area contributed by atoms with Gasteiger partial charge >= 0.3 is 5.78 Å². The highest BCUT2D eigenvalue weighted by atomic mass is 16.4. The Labute approximate surface area is 42.7 Å². The van der Waals surface area contributed by atoms with E-state index in [1.54, 1.807) is 7.11 Å². The summed E-state index contributed by atoms with van der Waals surface area (Å²) < 4.78 is 4.85. The van der Waals surface area contributed by atoms with Crippen LogP contribution in [0.3, 0.4) is 0 Å². The molecule has 0 atom stereocenters. The average Bonchev–Trinajstić information content (AvgIpc) is 2.14. The summed E-state index contributed by atoms with van der Waals surface area (Å²) in [4.78, 5) is 0. The minimum Gasteiger partial charge on any atom is -0.258 e. The molecule has 1 aliphatic carbocycles. The lowest BCUT2D eigenvalue weighted by Crippen LogP contribution is -1.84. The topological polar surface area (TPSA) is 11.3 Å². The van der Waals surface area contributed by atoms with Crippen molar-refractivity contribution in [2.24, 2.45) is 0 Å². The van der Waals surface area contributed by atoms with Crippen LogP contribution in [-0.2, 0) is 4.42 Å². The second-order valence-corrected chi connectivity index (χ2v) is 1.32. The van der Waals surface area contributed by atoms with Crippen LogP contribution in [0.5, 0.6) is 0 Å². The maximum Gasteiger partial charge on any atom is 0.343 e. The van der Waals surface area contributed by atoms with Crippen LogP contribution in [0.4, 0.5) is 0 Å². The fraction of sp³-hybridized carbons (Fsp3) is 0.167. The number of ketones is 1. The molecule has 1 heteroatoms. The molecule has 0 aliphatic heterocycles. The zero-order valence-corrected chi connectivity index (χ0v) is 4.22. The Bertz CT molecular complexity index is 126. The Balaban J connectivity index is 2.79. The molecule has 0 radical (unpaired) electrons. The molecular weight excluding hydrogens is 88.1 g/mol. The zero-order chi connectivity index (χ0) is 5.11. The van der Waals surface area contributed by atoms with E-state index in [2.05, 4.69) is 0 Å². The lowest BCUT2D eigenvalue weighted by molar-refractivity contribution is -0.417. The van der Waals surface area contributed by atoms with Crippen molar-refractivity contribution in [2.75, 3.05) is 7.11 Å². The van der Waals surface area contributed by atoms with Crippen molar-refractivity contribution in [3.63, 3.8) is 0 Å². The summed E-state index contributed by atoms with van der Waals surface area (Å²) in [5.74, 6) is 0.931. The van der Waals surface area contributed by atoms with Gasteiger partial charge in [0, 0.05) is 12.2 Å². The van der Waals surface area contributed by atoms with E-state index in [0.717, 1.165) is 5.78 Å². The van der Waals surface area contributed by atoms with Gasteiger partial charge in [-0.15, -0.1) is 0 Å². The highest BCUT2D eigenvalue weighted by Gasteiger charge is 2.00. The van der Waals surface area contributed by atoms with E-state index in [-0.39, 0.29) is 0 Å². The number of allylic oxidation sites excluding steroid dienone is 4. The Kier molecular flexibility index (Phi) is 1.07. The van der Waals surface area contributed by atoms with Crippen LogP contribution in [0.1, 0.15) is 0 Å². The van der Waals surface area contributed by atoms with E-state index >= 15 is 0 Å². The maximum atomic E-state index is 4.85. The molecule has 0 amide bonds. The molecular formula is C6H7O+. The standard InChI is InChI=1S/C6H7O/c1-7-6-4-2-3-5-6/h2-5H,1H3/q+1. The third-order valence-electron chi connectivity index (χ3n) is 0.868. The van der Waals surface area contributed by atoms with Crippen molar-refractivity contribution < 1.29 is 4.42 Å². The fourth-order valence-corrected chi connectivity index (χ4v) is 0.492. The van der Waals surface area contributed by atoms with Gasteiger partial charge in [0.1, 0.15) is 0 Å². The van der Waals surface area contributed by atoms with Crippen LogP contribution in [0.2, 0.25) is 0 Å². The number of hydrogen-bond donors (Lipinski definition) is 0. The van der Waals surface area contributed by atoms with Gasteiger partial charge in [0.25, 0.3) is 7.11 Å². The van der Waals surface area contributed by atoms with E-state index in [1.165, 1.54) is 0 Å². The van der Waals surface area contributed by atoms with Crippen LogP contribution in [0.15, 0.2) is 24.3 Å². The van der Waals surface area contributed by atoms with Crippen molar-refractivity contribution in [3.05, 3.63) is 24.3 Å². The molecule has 1 aliphatic rings. The molecule has 0 aromatic rings. The first-order valence-corrected chi connectivity index (χ1v) is 2.19. The predicted molar refractivity (Wildman–Crippen MR) is 29.2 cm³/mol. The SMILES string of the molecule is C[O+]=C1C=CC=C1. The molecule has 0 bridgehead atoms. The van der Waals surface area contributed by atoms with Gasteiger partial charge in [0.15, 0.2) is 0 Å². The predicted octanol–water partition coefficient (Wildman–Crippen LogP) is 0.847. The number of rotatable bonds is 0. The highest BCUT2D eigenvalue weighted by molar-refractivity contribution is 6.02. The van der Waals surface area contributed by atoms with Crippen molar-refractivity contribution in [1.29, 1.82) is 0 Å². The van der Waals surface area contributed by atoms with Gasteiger partial charge < -0.3 is 0 Å². The van der Waals surface area contributed by atoms with Gasteiger partial charge in [-0.1, -0.05) is 12.2 Å². The second kappa shape index (κ2) is 1.73. The summed E-state index contributed by atoms with van der Waals surface area (Å²) in [5, 5.41) is 0. The van der Waals surface area contributed by atoms with Gasteiger partial charge in [-0.2, -0.15) is 0 Å². The minimum atomic E-state index is 0.931. The molecule has 0 fully saturated rings. The lowest BCUT2D eigenvalue weighted by Gasteiger charge is -1.62. The lowest BCUT2D eigenvalue weighted by atomic mass is 10.4. The Hall–Kier alpha value is -0.850. The van der Waals surface area contributed by atoms with E-state index in [0.29, 0.717) is 0 Å². The number of carbonyl (C=O) groups excluding carboxylic acids is 1. The van der Waals surface area contributed by atoms with Crippen molar-refractivity contribution in [1.82, 2.24) is 0 Å². The van der Waals surface area contributed by atoms with Crippen molar-refractivity contribution in [2.45, 2.75) is 0 Å². The van der Waals surface area contributed by atoms with Gasteiger partial charge in [-0.25, -0.2) is 0 Å². The van der Waals surface area contributed by atoms with Crippen molar-refractivity contribution in [3.8, 4) is 0 Å². The Morgan fingerprint density at radius 3 is 2.14 bits per heavy atom. The highest BCUT2D eigenvalue weighted by Crippen LogP contribution is 1.90. The zero-order valence-electron chi connectivity index (χ0n) is 4.22. The van der Waals surface area contributed by atoms with E-state index in [4.69, 9.17) is 4.42 Å². The first kappa shape index (κ1) is 4.31. The summed E-state index contributed by atoms with van der Waals surface area (Å²) >= 11 is 0. The Morgan fingerprint density at radius 1 is 1.29 bits per heavy atom.